The highest BCUT2D eigenvalue weighted by atomic mass is 16.6. The van der Waals surface area contributed by atoms with E-state index in [1.807, 2.05) is 36.4 Å². The number of carbonyl (C=O) groups is 1. The number of anilines is 1. The van der Waals surface area contributed by atoms with Crippen LogP contribution in [0.5, 0.6) is 17.2 Å². The van der Waals surface area contributed by atoms with Gasteiger partial charge in [-0.15, -0.1) is 6.58 Å². The summed E-state index contributed by atoms with van der Waals surface area (Å²) in [6.45, 7) is 4.45. The predicted molar refractivity (Wildman–Crippen MR) is 116 cm³/mol. The first-order chi connectivity index (χ1) is 14.6. The van der Waals surface area contributed by atoms with Crippen LogP contribution in [0.3, 0.4) is 0 Å². The topological polar surface area (TPSA) is 77.0 Å². The smallest absolute Gasteiger partial charge is 0.411 e. The number of phenolic OH excluding ortho intramolecular Hbond substituents is 1. The van der Waals surface area contributed by atoms with Crippen molar-refractivity contribution < 1.29 is 24.1 Å². The van der Waals surface area contributed by atoms with Crippen LogP contribution >= 0.6 is 0 Å². The van der Waals surface area contributed by atoms with E-state index in [0.29, 0.717) is 30.4 Å². The lowest BCUT2D eigenvalue weighted by molar-refractivity contribution is 0.0922. The molecule has 0 aliphatic carbocycles. The maximum atomic E-state index is 11.7. The quantitative estimate of drug-likeness (QED) is 0.358. The predicted octanol–water partition coefficient (Wildman–Crippen LogP) is 5.60. The van der Waals surface area contributed by atoms with Crippen molar-refractivity contribution in [2.24, 2.45) is 0 Å². The van der Waals surface area contributed by atoms with E-state index in [1.54, 1.807) is 42.5 Å². The summed E-state index contributed by atoms with van der Waals surface area (Å²) in [6.07, 6.45) is 1.09. The molecule has 3 aromatic rings. The van der Waals surface area contributed by atoms with Gasteiger partial charge in [-0.05, 0) is 59.7 Å². The zero-order chi connectivity index (χ0) is 21.2. The van der Waals surface area contributed by atoms with E-state index < -0.39 is 6.09 Å². The highest BCUT2D eigenvalue weighted by Gasteiger charge is 2.04. The van der Waals surface area contributed by atoms with Gasteiger partial charge < -0.3 is 19.3 Å². The fourth-order valence-electron chi connectivity index (χ4n) is 2.63. The largest absolute Gasteiger partial charge is 0.508 e. The maximum absolute atomic E-state index is 11.7. The summed E-state index contributed by atoms with van der Waals surface area (Å²) in [5, 5.41) is 12.0. The summed E-state index contributed by atoms with van der Waals surface area (Å²) in [6, 6.07) is 21.7. The SMILES string of the molecule is C=CCOCCOC(=O)Nc1ccc(Oc2ccc(-c3ccc(O)cc3)cc2)cc1. The van der Waals surface area contributed by atoms with Crippen molar-refractivity contribution in [3.05, 3.63) is 85.5 Å². The lowest BCUT2D eigenvalue weighted by Crippen LogP contribution is -2.16. The highest BCUT2D eigenvalue weighted by molar-refractivity contribution is 5.84. The van der Waals surface area contributed by atoms with Gasteiger partial charge >= 0.3 is 6.09 Å². The van der Waals surface area contributed by atoms with Gasteiger partial charge in [-0.25, -0.2) is 4.79 Å². The molecule has 0 aromatic heterocycles. The number of aromatic hydroxyl groups is 1. The highest BCUT2D eigenvalue weighted by Crippen LogP contribution is 2.27. The van der Waals surface area contributed by atoms with E-state index in [-0.39, 0.29) is 12.4 Å². The van der Waals surface area contributed by atoms with E-state index >= 15 is 0 Å². The van der Waals surface area contributed by atoms with Gasteiger partial charge in [0.15, 0.2) is 0 Å². The van der Waals surface area contributed by atoms with Gasteiger partial charge in [0.2, 0.25) is 0 Å². The van der Waals surface area contributed by atoms with Crippen LogP contribution in [0.25, 0.3) is 11.1 Å². The van der Waals surface area contributed by atoms with Crippen molar-refractivity contribution in [2.45, 2.75) is 0 Å². The molecule has 0 unspecified atom stereocenters. The van der Waals surface area contributed by atoms with Crippen molar-refractivity contribution in [1.29, 1.82) is 0 Å². The Hall–Kier alpha value is -3.77. The van der Waals surface area contributed by atoms with Gasteiger partial charge in [0.25, 0.3) is 0 Å². The van der Waals surface area contributed by atoms with E-state index in [9.17, 15) is 9.90 Å². The van der Waals surface area contributed by atoms with Crippen LogP contribution in [0.1, 0.15) is 0 Å². The summed E-state index contributed by atoms with van der Waals surface area (Å²) in [7, 11) is 0. The summed E-state index contributed by atoms with van der Waals surface area (Å²) in [5.41, 5.74) is 2.63. The number of hydrogen-bond donors (Lipinski definition) is 2. The third kappa shape index (κ3) is 6.39. The Morgan fingerprint density at radius 1 is 0.867 bits per heavy atom. The van der Waals surface area contributed by atoms with Crippen LogP contribution in [0, 0.1) is 0 Å². The Morgan fingerprint density at radius 3 is 2.03 bits per heavy atom. The van der Waals surface area contributed by atoms with E-state index in [1.165, 1.54) is 0 Å². The van der Waals surface area contributed by atoms with Crippen LogP contribution in [-0.2, 0) is 9.47 Å². The number of ether oxygens (including phenoxy) is 3. The van der Waals surface area contributed by atoms with E-state index in [0.717, 1.165) is 11.1 Å². The lowest BCUT2D eigenvalue weighted by atomic mass is 10.1. The first kappa shape index (κ1) is 21.0. The third-order valence-electron chi connectivity index (χ3n) is 4.09. The van der Waals surface area contributed by atoms with Crippen molar-refractivity contribution in [3.8, 4) is 28.4 Å². The Kier molecular flexibility index (Phi) is 7.46. The van der Waals surface area contributed by atoms with Crippen LogP contribution in [-0.4, -0.2) is 31.0 Å². The Balaban J connectivity index is 1.49. The van der Waals surface area contributed by atoms with E-state index in [2.05, 4.69) is 11.9 Å². The second-order valence-electron chi connectivity index (χ2n) is 6.32. The molecule has 0 aliphatic heterocycles. The first-order valence-corrected chi connectivity index (χ1v) is 9.44. The molecule has 3 aromatic carbocycles. The van der Waals surface area contributed by atoms with Crippen LogP contribution in [0.15, 0.2) is 85.5 Å². The number of benzene rings is 3. The van der Waals surface area contributed by atoms with Crippen molar-refractivity contribution in [2.75, 3.05) is 25.1 Å². The zero-order valence-corrected chi connectivity index (χ0v) is 16.4. The molecular weight excluding hydrogens is 382 g/mol. The van der Waals surface area contributed by atoms with Gasteiger partial charge in [0.1, 0.15) is 23.9 Å². The van der Waals surface area contributed by atoms with Crippen LogP contribution in [0.2, 0.25) is 0 Å². The second kappa shape index (κ2) is 10.7. The monoisotopic (exact) mass is 405 g/mol. The molecular formula is C24H23NO5. The fourth-order valence-corrected chi connectivity index (χ4v) is 2.63. The van der Waals surface area contributed by atoms with Crippen LogP contribution < -0.4 is 10.1 Å². The summed E-state index contributed by atoms with van der Waals surface area (Å²) < 4.78 is 16.0. The number of rotatable bonds is 9. The molecule has 0 bridgehead atoms. The number of carbonyl (C=O) groups excluding carboxylic acids is 1. The molecule has 3 rings (SSSR count). The lowest BCUT2D eigenvalue weighted by Gasteiger charge is -2.09. The average molecular weight is 405 g/mol. The molecule has 0 saturated heterocycles. The van der Waals surface area contributed by atoms with Crippen molar-refractivity contribution in [1.82, 2.24) is 0 Å². The molecule has 0 atom stereocenters. The Labute approximate surface area is 175 Å². The van der Waals surface area contributed by atoms with Gasteiger partial charge in [-0.2, -0.15) is 0 Å². The van der Waals surface area contributed by atoms with Gasteiger partial charge in [0.05, 0.1) is 13.2 Å². The molecule has 0 heterocycles. The molecule has 2 N–H and O–H groups in total. The molecule has 0 saturated carbocycles. The average Bonchev–Trinajstić information content (AvgIpc) is 2.76. The standard InChI is InChI=1S/C24H23NO5/c1-2-15-28-16-17-29-24(27)25-20-7-13-23(14-8-20)30-22-11-5-19(6-12-22)18-3-9-21(26)10-4-18/h2-14,26H,1,15-17H2,(H,25,27). The number of nitrogens with one attached hydrogen (secondary N) is 1. The molecule has 0 radical (unpaired) electrons. The van der Waals surface area contributed by atoms with Crippen molar-refractivity contribution >= 4 is 11.8 Å². The molecule has 6 nitrogen and oxygen atoms in total. The molecule has 0 aliphatic rings. The molecule has 6 heteroatoms. The molecule has 1 amide bonds. The Morgan fingerprint density at radius 2 is 1.43 bits per heavy atom. The minimum atomic E-state index is -0.546. The Bertz CT molecular complexity index is 950. The summed E-state index contributed by atoms with van der Waals surface area (Å²) in [4.78, 5) is 11.7. The molecule has 30 heavy (non-hydrogen) atoms. The third-order valence-corrected chi connectivity index (χ3v) is 4.09. The normalized spacial score (nSPS) is 10.3. The number of hydrogen-bond acceptors (Lipinski definition) is 5. The maximum Gasteiger partial charge on any atom is 0.411 e. The van der Waals surface area contributed by atoms with Gasteiger partial charge in [-0.3, -0.25) is 5.32 Å². The summed E-state index contributed by atoms with van der Waals surface area (Å²) in [5.74, 6) is 1.57. The zero-order valence-electron chi connectivity index (χ0n) is 16.4. The number of amides is 1. The summed E-state index contributed by atoms with van der Waals surface area (Å²) >= 11 is 0. The first-order valence-electron chi connectivity index (χ1n) is 9.44. The minimum absolute atomic E-state index is 0.168. The number of phenols is 1. The van der Waals surface area contributed by atoms with Gasteiger partial charge in [-0.1, -0.05) is 30.3 Å². The molecule has 154 valence electrons. The van der Waals surface area contributed by atoms with Gasteiger partial charge in [0, 0.05) is 5.69 Å². The molecule has 0 spiro atoms. The van der Waals surface area contributed by atoms with Crippen molar-refractivity contribution in [3.63, 3.8) is 0 Å². The van der Waals surface area contributed by atoms with Crippen LogP contribution in [0.4, 0.5) is 10.5 Å². The van der Waals surface area contributed by atoms with E-state index in [4.69, 9.17) is 14.2 Å². The fraction of sp³-hybridized carbons (Fsp3) is 0.125. The second-order valence-corrected chi connectivity index (χ2v) is 6.32. The molecule has 0 fully saturated rings. The minimum Gasteiger partial charge on any atom is -0.508 e.